The van der Waals surface area contributed by atoms with Gasteiger partial charge < -0.3 is 21.3 Å². The number of hydrogen-bond donors (Lipinski definition) is 3. The molecule has 0 bridgehead atoms. The van der Waals surface area contributed by atoms with Gasteiger partial charge in [-0.25, -0.2) is 0 Å². The largest absolute Gasteiger partial charge is 0.371 e. The van der Waals surface area contributed by atoms with Gasteiger partial charge in [0.2, 0.25) is 11.8 Å². The molecule has 4 N–H and O–H groups in total. The molecule has 2 atom stereocenters. The molecular formula is C22H28N4O2. The van der Waals surface area contributed by atoms with Crippen molar-refractivity contribution in [2.24, 2.45) is 5.73 Å². The Balaban J connectivity index is 1.61. The Bertz CT molecular complexity index is 829. The summed E-state index contributed by atoms with van der Waals surface area (Å²) in [6.45, 7) is 5.37. The summed E-state index contributed by atoms with van der Waals surface area (Å²) in [7, 11) is 0. The number of nitrogens with two attached hydrogens (primary N) is 1. The average molecular weight is 380 g/mol. The van der Waals surface area contributed by atoms with Crippen molar-refractivity contribution >= 4 is 23.2 Å². The summed E-state index contributed by atoms with van der Waals surface area (Å²) in [5, 5.41) is 5.60. The lowest BCUT2D eigenvalue weighted by atomic mass is 9.92. The van der Waals surface area contributed by atoms with Gasteiger partial charge in [0.15, 0.2) is 0 Å². The summed E-state index contributed by atoms with van der Waals surface area (Å²) in [4.78, 5) is 27.5. The van der Waals surface area contributed by atoms with Crippen molar-refractivity contribution < 1.29 is 9.59 Å². The molecule has 0 aromatic heterocycles. The topological polar surface area (TPSA) is 87.5 Å². The fourth-order valence-electron chi connectivity index (χ4n) is 3.33. The summed E-state index contributed by atoms with van der Waals surface area (Å²) >= 11 is 0. The van der Waals surface area contributed by atoms with Gasteiger partial charge in [-0.15, -0.1) is 0 Å². The number of nitrogens with zero attached hydrogens (tertiary/aromatic N) is 1. The Hall–Kier alpha value is -2.86. The smallest absolute Gasteiger partial charge is 0.246 e. The number of carbonyl (C=O) groups excluding carboxylic acids is 2. The number of amides is 2. The van der Waals surface area contributed by atoms with Crippen LogP contribution in [0.2, 0.25) is 0 Å². The molecule has 1 heterocycles. The second-order valence-corrected chi connectivity index (χ2v) is 7.50. The van der Waals surface area contributed by atoms with Gasteiger partial charge in [-0.1, -0.05) is 36.4 Å². The zero-order valence-corrected chi connectivity index (χ0v) is 16.4. The second kappa shape index (κ2) is 8.44. The van der Waals surface area contributed by atoms with E-state index >= 15 is 0 Å². The van der Waals surface area contributed by atoms with Gasteiger partial charge in [0.25, 0.3) is 0 Å². The number of benzene rings is 2. The molecule has 2 amide bonds. The molecule has 2 unspecified atom stereocenters. The first-order valence-corrected chi connectivity index (χ1v) is 9.69. The lowest BCUT2D eigenvalue weighted by Crippen LogP contribution is -2.53. The van der Waals surface area contributed by atoms with E-state index in [9.17, 15) is 9.59 Å². The third-order valence-electron chi connectivity index (χ3n) is 5.17. The van der Waals surface area contributed by atoms with Crippen LogP contribution in [0, 0.1) is 0 Å². The van der Waals surface area contributed by atoms with Crippen molar-refractivity contribution in [3.8, 4) is 0 Å². The minimum Gasteiger partial charge on any atom is -0.371 e. The van der Waals surface area contributed by atoms with Crippen LogP contribution in [0.15, 0.2) is 54.6 Å². The summed E-state index contributed by atoms with van der Waals surface area (Å²) in [6, 6.07) is 16.2. The van der Waals surface area contributed by atoms with E-state index in [2.05, 4.69) is 15.5 Å². The first kappa shape index (κ1) is 19.9. The normalized spacial score (nSPS) is 16.9. The maximum Gasteiger partial charge on any atom is 0.246 e. The van der Waals surface area contributed by atoms with Crippen molar-refractivity contribution in [3.63, 3.8) is 0 Å². The molecule has 0 radical (unpaired) electrons. The molecule has 2 aromatic carbocycles. The van der Waals surface area contributed by atoms with Gasteiger partial charge in [-0.05, 0) is 50.5 Å². The van der Waals surface area contributed by atoms with Crippen molar-refractivity contribution in [2.45, 2.75) is 38.3 Å². The highest BCUT2D eigenvalue weighted by molar-refractivity contribution is 5.98. The molecule has 1 fully saturated rings. The van der Waals surface area contributed by atoms with E-state index in [1.807, 2.05) is 42.5 Å². The Morgan fingerprint density at radius 1 is 1.07 bits per heavy atom. The molecule has 2 aromatic rings. The van der Waals surface area contributed by atoms with E-state index in [0.717, 1.165) is 18.8 Å². The van der Waals surface area contributed by atoms with Gasteiger partial charge in [0.05, 0.1) is 0 Å². The molecule has 0 saturated carbocycles. The van der Waals surface area contributed by atoms with Crippen LogP contribution < -0.4 is 21.3 Å². The molecule has 28 heavy (non-hydrogen) atoms. The Morgan fingerprint density at radius 2 is 1.75 bits per heavy atom. The number of anilines is 2. The highest BCUT2D eigenvalue weighted by Crippen LogP contribution is 2.23. The number of carbonyl (C=O) groups is 2. The van der Waals surface area contributed by atoms with Crippen LogP contribution in [-0.4, -0.2) is 30.9 Å². The third-order valence-corrected chi connectivity index (χ3v) is 5.17. The molecule has 1 aliphatic rings. The van der Waals surface area contributed by atoms with Crippen LogP contribution in [0.1, 0.15) is 32.3 Å². The van der Waals surface area contributed by atoms with Crippen molar-refractivity contribution in [1.82, 2.24) is 5.32 Å². The van der Waals surface area contributed by atoms with E-state index in [1.54, 1.807) is 26.0 Å². The van der Waals surface area contributed by atoms with Crippen LogP contribution in [0.3, 0.4) is 0 Å². The Morgan fingerprint density at radius 3 is 2.43 bits per heavy atom. The fourth-order valence-corrected chi connectivity index (χ4v) is 3.33. The van der Waals surface area contributed by atoms with E-state index in [-0.39, 0.29) is 5.91 Å². The highest BCUT2D eigenvalue weighted by atomic mass is 16.2. The number of rotatable bonds is 6. The highest BCUT2D eigenvalue weighted by Gasteiger charge is 2.32. The van der Waals surface area contributed by atoms with Crippen LogP contribution in [0.4, 0.5) is 11.4 Å². The predicted octanol–water partition coefficient (Wildman–Crippen LogP) is 2.60. The molecular weight excluding hydrogens is 352 g/mol. The lowest BCUT2D eigenvalue weighted by Gasteiger charge is -2.26. The summed E-state index contributed by atoms with van der Waals surface area (Å²) in [5.41, 5.74) is 7.52. The first-order valence-electron chi connectivity index (χ1n) is 9.69. The van der Waals surface area contributed by atoms with Crippen LogP contribution in [-0.2, 0) is 15.1 Å². The molecule has 1 aliphatic heterocycles. The molecule has 1 saturated heterocycles. The summed E-state index contributed by atoms with van der Waals surface area (Å²) < 4.78 is 0. The van der Waals surface area contributed by atoms with Gasteiger partial charge in [0.1, 0.15) is 11.6 Å². The molecule has 0 spiro atoms. The van der Waals surface area contributed by atoms with Gasteiger partial charge in [-0.3, -0.25) is 9.59 Å². The fraction of sp³-hybridized carbons (Fsp3) is 0.364. The van der Waals surface area contributed by atoms with E-state index in [1.165, 1.54) is 12.8 Å². The summed E-state index contributed by atoms with van der Waals surface area (Å²) in [6.07, 6.45) is 2.39. The predicted molar refractivity (Wildman–Crippen MR) is 112 cm³/mol. The average Bonchev–Trinajstić information content (AvgIpc) is 3.23. The Kier molecular flexibility index (Phi) is 5.99. The molecule has 148 valence electrons. The Labute approximate surface area is 166 Å². The van der Waals surface area contributed by atoms with Crippen molar-refractivity contribution in [3.05, 3.63) is 60.2 Å². The standard InChI is InChI=1S/C22H28N4O2/c1-16(24-21(28)22(2,23)17-9-4-3-5-10-17)20(27)25-18-11-8-12-19(15-18)26-13-6-7-14-26/h3-5,8-12,15-16H,6-7,13-14,23H2,1-2H3,(H,24,28)(H,25,27). The number of nitrogens with one attached hydrogen (secondary N) is 2. The number of hydrogen-bond acceptors (Lipinski definition) is 4. The van der Waals surface area contributed by atoms with Crippen LogP contribution in [0.5, 0.6) is 0 Å². The van der Waals surface area contributed by atoms with E-state index in [4.69, 9.17) is 5.73 Å². The van der Waals surface area contributed by atoms with Gasteiger partial charge in [0, 0.05) is 24.5 Å². The molecule has 3 rings (SSSR count). The van der Waals surface area contributed by atoms with Crippen molar-refractivity contribution in [2.75, 3.05) is 23.3 Å². The molecule has 6 heteroatoms. The quantitative estimate of drug-likeness (QED) is 0.719. The first-order chi connectivity index (χ1) is 13.4. The zero-order chi connectivity index (χ0) is 20.1. The van der Waals surface area contributed by atoms with E-state index < -0.39 is 17.5 Å². The van der Waals surface area contributed by atoms with Gasteiger partial charge >= 0.3 is 0 Å². The summed E-state index contributed by atoms with van der Waals surface area (Å²) in [5.74, 6) is -0.678. The minimum absolute atomic E-state index is 0.282. The SMILES string of the molecule is CC(NC(=O)C(C)(N)c1ccccc1)C(=O)Nc1cccc(N2CCCC2)c1. The lowest BCUT2D eigenvalue weighted by molar-refractivity contribution is -0.129. The molecule has 0 aliphatic carbocycles. The van der Waals surface area contributed by atoms with E-state index in [0.29, 0.717) is 11.3 Å². The minimum atomic E-state index is -1.22. The second-order valence-electron chi connectivity index (χ2n) is 7.50. The third kappa shape index (κ3) is 4.51. The monoisotopic (exact) mass is 380 g/mol. The zero-order valence-electron chi connectivity index (χ0n) is 16.4. The van der Waals surface area contributed by atoms with Gasteiger partial charge in [-0.2, -0.15) is 0 Å². The van der Waals surface area contributed by atoms with Crippen molar-refractivity contribution in [1.29, 1.82) is 0 Å². The van der Waals surface area contributed by atoms with Crippen LogP contribution in [0.25, 0.3) is 0 Å². The maximum atomic E-state index is 12.6. The maximum absolute atomic E-state index is 12.6. The molecule has 6 nitrogen and oxygen atoms in total. The van der Waals surface area contributed by atoms with Crippen LogP contribution >= 0.6 is 0 Å².